The molecule has 142 valence electrons. The SMILES string of the molecule is Cc1cc([C@H]2CCCN2C(=O)C2CCN(C(=O)c3ccccn3)CC2)no1. The zero-order valence-corrected chi connectivity index (χ0v) is 15.5. The molecular weight excluding hydrogens is 344 g/mol. The number of likely N-dealkylation sites (tertiary alicyclic amines) is 2. The van der Waals surface area contributed by atoms with Gasteiger partial charge in [0.2, 0.25) is 5.91 Å². The Bertz CT molecular complexity index is 812. The van der Waals surface area contributed by atoms with Gasteiger partial charge in [-0.3, -0.25) is 14.6 Å². The smallest absolute Gasteiger partial charge is 0.272 e. The average molecular weight is 368 g/mol. The molecule has 4 rings (SSSR count). The highest BCUT2D eigenvalue weighted by Crippen LogP contribution is 2.34. The van der Waals surface area contributed by atoms with Crippen molar-refractivity contribution < 1.29 is 14.1 Å². The van der Waals surface area contributed by atoms with Crippen molar-refractivity contribution in [2.24, 2.45) is 5.92 Å². The molecule has 4 heterocycles. The number of rotatable bonds is 3. The molecule has 0 aliphatic carbocycles. The maximum Gasteiger partial charge on any atom is 0.272 e. The van der Waals surface area contributed by atoms with Gasteiger partial charge in [-0.2, -0.15) is 0 Å². The summed E-state index contributed by atoms with van der Waals surface area (Å²) in [6, 6.07) is 7.28. The molecule has 1 atom stereocenters. The van der Waals surface area contributed by atoms with Gasteiger partial charge in [-0.1, -0.05) is 11.2 Å². The lowest BCUT2D eigenvalue weighted by Gasteiger charge is -2.34. The molecule has 0 saturated carbocycles. The first-order valence-corrected chi connectivity index (χ1v) is 9.57. The summed E-state index contributed by atoms with van der Waals surface area (Å²) in [5, 5.41) is 4.12. The summed E-state index contributed by atoms with van der Waals surface area (Å²) in [7, 11) is 0. The van der Waals surface area contributed by atoms with Crippen LogP contribution >= 0.6 is 0 Å². The van der Waals surface area contributed by atoms with Crippen molar-refractivity contribution in [2.75, 3.05) is 19.6 Å². The van der Waals surface area contributed by atoms with E-state index < -0.39 is 0 Å². The fraction of sp³-hybridized carbons (Fsp3) is 0.500. The molecule has 2 aromatic heterocycles. The molecular formula is C20H24N4O3. The molecule has 0 radical (unpaired) electrons. The Morgan fingerprint density at radius 2 is 1.96 bits per heavy atom. The molecule has 2 amide bonds. The molecule has 27 heavy (non-hydrogen) atoms. The monoisotopic (exact) mass is 368 g/mol. The van der Waals surface area contributed by atoms with Crippen molar-refractivity contribution in [3.05, 3.63) is 47.6 Å². The van der Waals surface area contributed by atoms with Crippen LogP contribution < -0.4 is 0 Å². The standard InChI is InChI=1S/C20H24N4O3/c1-14-13-17(22-27-14)18-6-4-10-24(18)19(25)15-7-11-23(12-8-15)20(26)16-5-2-3-9-21-16/h2-3,5,9,13,15,18H,4,6-8,10-12H2,1H3/t18-/m1/s1. The summed E-state index contributed by atoms with van der Waals surface area (Å²) in [6.07, 6.45) is 4.92. The van der Waals surface area contributed by atoms with Gasteiger partial charge in [0.15, 0.2) is 0 Å². The van der Waals surface area contributed by atoms with Crippen LogP contribution in [0, 0.1) is 12.8 Å². The molecule has 0 bridgehead atoms. The molecule has 0 unspecified atom stereocenters. The second kappa shape index (κ2) is 7.50. The Labute approximate surface area is 158 Å². The van der Waals surface area contributed by atoms with Crippen LogP contribution in [0.25, 0.3) is 0 Å². The molecule has 2 saturated heterocycles. The van der Waals surface area contributed by atoms with Crippen LogP contribution in [0.1, 0.15) is 53.7 Å². The zero-order valence-electron chi connectivity index (χ0n) is 15.5. The number of hydrogen-bond acceptors (Lipinski definition) is 5. The predicted molar refractivity (Wildman–Crippen MR) is 97.8 cm³/mol. The number of carbonyl (C=O) groups excluding carboxylic acids is 2. The molecule has 7 nitrogen and oxygen atoms in total. The van der Waals surface area contributed by atoms with E-state index in [9.17, 15) is 9.59 Å². The summed E-state index contributed by atoms with van der Waals surface area (Å²) >= 11 is 0. The maximum absolute atomic E-state index is 13.1. The summed E-state index contributed by atoms with van der Waals surface area (Å²) < 4.78 is 5.19. The highest BCUT2D eigenvalue weighted by Gasteiger charge is 2.37. The van der Waals surface area contributed by atoms with Gasteiger partial charge in [0.1, 0.15) is 17.1 Å². The van der Waals surface area contributed by atoms with Crippen LogP contribution in [-0.2, 0) is 4.79 Å². The maximum atomic E-state index is 13.1. The van der Waals surface area contributed by atoms with E-state index in [-0.39, 0.29) is 23.8 Å². The number of nitrogens with zero attached hydrogens (tertiary/aromatic N) is 4. The van der Waals surface area contributed by atoms with Crippen LogP contribution in [-0.4, -0.2) is 51.4 Å². The topological polar surface area (TPSA) is 79.5 Å². The first-order chi connectivity index (χ1) is 13.1. The van der Waals surface area contributed by atoms with Gasteiger partial charge in [0, 0.05) is 37.8 Å². The van der Waals surface area contributed by atoms with Crippen molar-refractivity contribution in [3.63, 3.8) is 0 Å². The largest absolute Gasteiger partial charge is 0.361 e. The fourth-order valence-corrected chi connectivity index (χ4v) is 4.10. The van der Waals surface area contributed by atoms with E-state index in [2.05, 4.69) is 10.1 Å². The first-order valence-electron chi connectivity index (χ1n) is 9.57. The van der Waals surface area contributed by atoms with Crippen molar-refractivity contribution in [3.8, 4) is 0 Å². The summed E-state index contributed by atoms with van der Waals surface area (Å²) in [5.74, 6) is 0.860. The van der Waals surface area contributed by atoms with E-state index in [1.807, 2.05) is 24.0 Å². The molecule has 7 heteroatoms. The molecule has 2 aliphatic heterocycles. The number of pyridine rings is 1. The van der Waals surface area contributed by atoms with Crippen LogP contribution in [0.4, 0.5) is 0 Å². The summed E-state index contributed by atoms with van der Waals surface area (Å²) in [4.78, 5) is 33.5. The molecule has 2 aromatic rings. The van der Waals surface area contributed by atoms with Gasteiger partial charge in [0.25, 0.3) is 5.91 Å². The van der Waals surface area contributed by atoms with Crippen LogP contribution in [0.2, 0.25) is 0 Å². The number of piperidine rings is 1. The van der Waals surface area contributed by atoms with E-state index in [1.165, 1.54) is 0 Å². The second-order valence-corrected chi connectivity index (χ2v) is 7.33. The van der Waals surface area contributed by atoms with Crippen LogP contribution in [0.15, 0.2) is 35.0 Å². The van der Waals surface area contributed by atoms with Crippen LogP contribution in [0.3, 0.4) is 0 Å². The Kier molecular flexibility index (Phi) is 4.92. The lowest BCUT2D eigenvalue weighted by Crippen LogP contribution is -2.44. The van der Waals surface area contributed by atoms with E-state index in [4.69, 9.17) is 4.52 Å². The minimum Gasteiger partial charge on any atom is -0.361 e. The van der Waals surface area contributed by atoms with Crippen molar-refractivity contribution in [2.45, 2.75) is 38.6 Å². The van der Waals surface area contributed by atoms with E-state index >= 15 is 0 Å². The Morgan fingerprint density at radius 3 is 2.63 bits per heavy atom. The summed E-state index contributed by atoms with van der Waals surface area (Å²) in [5.41, 5.74) is 1.31. The third kappa shape index (κ3) is 3.59. The first kappa shape index (κ1) is 17.7. The van der Waals surface area contributed by atoms with Gasteiger partial charge < -0.3 is 14.3 Å². The third-order valence-electron chi connectivity index (χ3n) is 5.54. The normalized spacial score (nSPS) is 20.9. The average Bonchev–Trinajstić information content (AvgIpc) is 3.36. The van der Waals surface area contributed by atoms with Gasteiger partial charge >= 0.3 is 0 Å². The van der Waals surface area contributed by atoms with Gasteiger partial charge in [-0.05, 0) is 44.7 Å². The second-order valence-electron chi connectivity index (χ2n) is 7.33. The van der Waals surface area contributed by atoms with Crippen molar-refractivity contribution in [1.82, 2.24) is 19.9 Å². The van der Waals surface area contributed by atoms with Gasteiger partial charge in [-0.25, -0.2) is 0 Å². The number of aryl methyl sites for hydroxylation is 1. The summed E-state index contributed by atoms with van der Waals surface area (Å²) in [6.45, 7) is 3.81. The molecule has 0 spiro atoms. The quantitative estimate of drug-likeness (QED) is 0.832. The molecule has 0 N–H and O–H groups in total. The van der Waals surface area contributed by atoms with Crippen molar-refractivity contribution >= 4 is 11.8 Å². The highest BCUT2D eigenvalue weighted by atomic mass is 16.5. The number of hydrogen-bond donors (Lipinski definition) is 0. The lowest BCUT2D eigenvalue weighted by molar-refractivity contribution is -0.138. The molecule has 2 aliphatic rings. The number of aromatic nitrogens is 2. The van der Waals surface area contributed by atoms with E-state index in [1.54, 1.807) is 23.2 Å². The van der Waals surface area contributed by atoms with Crippen LogP contribution in [0.5, 0.6) is 0 Å². The fourth-order valence-electron chi connectivity index (χ4n) is 4.10. The van der Waals surface area contributed by atoms with E-state index in [0.29, 0.717) is 31.6 Å². The minimum atomic E-state index is -0.0568. The number of amides is 2. The van der Waals surface area contributed by atoms with Gasteiger partial charge in [0.05, 0.1) is 6.04 Å². The predicted octanol–water partition coefficient (Wildman–Crippen LogP) is 2.59. The van der Waals surface area contributed by atoms with Crippen molar-refractivity contribution in [1.29, 1.82) is 0 Å². The Hall–Kier alpha value is -2.70. The zero-order chi connectivity index (χ0) is 18.8. The number of carbonyl (C=O) groups is 2. The lowest BCUT2D eigenvalue weighted by atomic mass is 9.94. The van der Waals surface area contributed by atoms with Gasteiger partial charge in [-0.15, -0.1) is 0 Å². The Morgan fingerprint density at radius 1 is 1.15 bits per heavy atom. The highest BCUT2D eigenvalue weighted by molar-refractivity contribution is 5.92. The Balaban J connectivity index is 1.38. The third-order valence-corrected chi connectivity index (χ3v) is 5.54. The molecule has 0 aromatic carbocycles. The van der Waals surface area contributed by atoms with E-state index in [0.717, 1.165) is 30.8 Å². The minimum absolute atomic E-state index is 0.0168. The molecule has 2 fully saturated rings.